The van der Waals surface area contributed by atoms with Gasteiger partial charge >= 0.3 is 17.8 Å². The van der Waals surface area contributed by atoms with E-state index in [1.54, 1.807) is 30.3 Å². The Kier molecular flexibility index (Phi) is 9.77. The van der Waals surface area contributed by atoms with E-state index in [1.807, 2.05) is 0 Å². The topological polar surface area (TPSA) is 103 Å². The zero-order valence-electron chi connectivity index (χ0n) is 25.2. The number of nitrogens with one attached hydrogen (secondary N) is 1. The Bertz CT molecular complexity index is 1840. The lowest BCUT2D eigenvalue weighted by molar-refractivity contribution is -0.138. The van der Waals surface area contributed by atoms with Gasteiger partial charge in [0.25, 0.3) is 5.56 Å². The number of hydrogen-bond donors (Lipinski definition) is 2. The van der Waals surface area contributed by atoms with Crippen molar-refractivity contribution in [3.8, 4) is 16.9 Å². The van der Waals surface area contributed by atoms with Gasteiger partial charge in [0.05, 0.1) is 37.4 Å². The van der Waals surface area contributed by atoms with E-state index in [9.17, 15) is 31.9 Å². The van der Waals surface area contributed by atoms with E-state index >= 15 is 4.39 Å². The van der Waals surface area contributed by atoms with Gasteiger partial charge in [-0.1, -0.05) is 48.5 Å². The first-order valence-corrected chi connectivity index (χ1v) is 13.7. The molecule has 0 radical (unpaired) electrons. The van der Waals surface area contributed by atoms with E-state index in [-0.39, 0.29) is 29.1 Å². The number of aliphatic carboxylic acids is 1. The van der Waals surface area contributed by atoms with Crippen LogP contribution in [-0.2, 0) is 24.1 Å². The van der Waals surface area contributed by atoms with Crippen LogP contribution in [0.1, 0.15) is 42.6 Å². The highest BCUT2D eigenvalue weighted by molar-refractivity contribution is 5.68. The summed E-state index contributed by atoms with van der Waals surface area (Å²) in [6, 6.07) is 13.8. The Morgan fingerprint density at radius 1 is 1.02 bits per heavy atom. The molecule has 13 heteroatoms. The first kappa shape index (κ1) is 31.6. The third-order valence-electron chi connectivity index (χ3n) is 7.28. The van der Waals surface area contributed by atoms with Crippen LogP contribution in [0.5, 0.6) is 5.75 Å². The minimum atomic E-state index is -4.98. The lowest BCUT2D eigenvalue weighted by Crippen LogP contribution is -2.45. The van der Waals surface area contributed by atoms with Gasteiger partial charge in [-0.3, -0.25) is 18.7 Å². The quantitative estimate of drug-likeness (QED) is 0.199. The zero-order chi connectivity index (χ0) is 33.8. The van der Waals surface area contributed by atoms with Crippen molar-refractivity contribution < 1.29 is 38.0 Å². The van der Waals surface area contributed by atoms with E-state index in [0.29, 0.717) is 16.2 Å². The third-order valence-corrected chi connectivity index (χ3v) is 7.28. The lowest BCUT2D eigenvalue weighted by Gasteiger charge is -2.23. The molecule has 238 valence electrons. The fourth-order valence-corrected chi connectivity index (χ4v) is 5.04. The first-order valence-electron chi connectivity index (χ1n) is 14.3. The Hall–Kier alpha value is -4.78. The molecule has 1 aromatic heterocycles. The standard InChI is InChI=1S/C32H30F5N3O5/c1-19-28(21-11-6-14-26(45-2)29(21)34)30(43)40(18-25(20-9-4-3-5-10-20)38-16-8-15-27(41)42)31(44)39(19)17-22-23(32(35,36)37)12-7-13-24(22)33/h3-7,9-14,25,38H,8,15-18H2,1-2H3,(H,41,42)/t25-/m0/s1/i8D/t8?,25-. The van der Waals surface area contributed by atoms with Crippen LogP contribution in [0.25, 0.3) is 11.1 Å². The number of halogens is 5. The van der Waals surface area contributed by atoms with Crippen LogP contribution >= 0.6 is 0 Å². The molecule has 2 atom stereocenters. The van der Waals surface area contributed by atoms with Gasteiger partial charge in [0.2, 0.25) is 0 Å². The number of alkyl halides is 3. The van der Waals surface area contributed by atoms with Gasteiger partial charge in [0.15, 0.2) is 11.6 Å². The van der Waals surface area contributed by atoms with Crippen molar-refractivity contribution in [2.75, 3.05) is 13.7 Å². The number of ether oxygens (including phenoxy) is 1. The highest BCUT2D eigenvalue weighted by Gasteiger charge is 2.35. The van der Waals surface area contributed by atoms with Crippen molar-refractivity contribution in [1.82, 2.24) is 14.5 Å². The number of nitrogens with zero attached hydrogens (tertiary/aromatic N) is 2. The van der Waals surface area contributed by atoms with E-state index in [0.717, 1.165) is 16.7 Å². The van der Waals surface area contributed by atoms with Crippen LogP contribution in [0.2, 0.25) is 0 Å². The molecule has 1 unspecified atom stereocenters. The number of rotatable bonds is 12. The van der Waals surface area contributed by atoms with Crippen LogP contribution in [0.15, 0.2) is 76.3 Å². The number of methoxy groups -OCH3 is 1. The fraction of sp³-hybridized carbons (Fsp3) is 0.281. The monoisotopic (exact) mass is 632 g/mol. The molecule has 1 heterocycles. The Morgan fingerprint density at radius 3 is 2.36 bits per heavy atom. The molecule has 0 aliphatic carbocycles. The maximum Gasteiger partial charge on any atom is 0.416 e. The fourth-order valence-electron chi connectivity index (χ4n) is 5.04. The molecule has 3 aromatic carbocycles. The van der Waals surface area contributed by atoms with Crippen LogP contribution in [0.4, 0.5) is 22.0 Å². The molecule has 0 amide bonds. The molecule has 0 aliphatic heterocycles. The van der Waals surface area contributed by atoms with Crippen molar-refractivity contribution in [3.05, 3.63) is 122 Å². The SMILES string of the molecule is [2H]C(CN[C@@H](Cn1c(=O)c(-c2cccc(OC)c2F)c(C)n(Cc2c(F)cccc2C(F)(F)F)c1=O)c1ccccc1)CC(=O)O. The van der Waals surface area contributed by atoms with E-state index in [1.165, 1.54) is 32.2 Å². The Labute approximate surface area is 255 Å². The van der Waals surface area contributed by atoms with Crippen LogP contribution in [0, 0.1) is 18.6 Å². The predicted molar refractivity (Wildman–Crippen MR) is 156 cm³/mol. The molecule has 0 saturated heterocycles. The van der Waals surface area contributed by atoms with Crippen molar-refractivity contribution in [2.45, 2.75) is 45.0 Å². The Balaban J connectivity index is 1.96. The van der Waals surface area contributed by atoms with Crippen molar-refractivity contribution in [2.24, 2.45) is 0 Å². The largest absolute Gasteiger partial charge is 0.494 e. The molecule has 0 aliphatic rings. The maximum atomic E-state index is 15.6. The predicted octanol–water partition coefficient (Wildman–Crippen LogP) is 5.54. The summed E-state index contributed by atoms with van der Waals surface area (Å²) in [5, 5.41) is 12.1. The van der Waals surface area contributed by atoms with Crippen LogP contribution in [-0.4, -0.2) is 33.9 Å². The lowest BCUT2D eigenvalue weighted by atomic mass is 10.0. The molecule has 4 aromatic rings. The summed E-state index contributed by atoms with van der Waals surface area (Å²) in [6.45, 7) is -0.313. The average molecular weight is 633 g/mol. The highest BCUT2D eigenvalue weighted by Crippen LogP contribution is 2.34. The van der Waals surface area contributed by atoms with Crippen molar-refractivity contribution in [3.63, 3.8) is 0 Å². The summed E-state index contributed by atoms with van der Waals surface area (Å²) in [4.78, 5) is 39.2. The van der Waals surface area contributed by atoms with Crippen molar-refractivity contribution in [1.29, 1.82) is 0 Å². The number of carboxylic acids is 1. The van der Waals surface area contributed by atoms with Crippen LogP contribution in [0.3, 0.4) is 0 Å². The molecule has 0 saturated carbocycles. The molecule has 0 bridgehead atoms. The second kappa shape index (κ2) is 13.9. The normalized spacial score (nSPS) is 13.3. The molecule has 0 fully saturated rings. The van der Waals surface area contributed by atoms with Gasteiger partial charge in [0, 0.05) is 24.6 Å². The smallest absolute Gasteiger partial charge is 0.416 e. The molecule has 0 spiro atoms. The van der Waals surface area contributed by atoms with E-state index < -0.39 is 78.1 Å². The number of aromatic nitrogens is 2. The minimum Gasteiger partial charge on any atom is -0.494 e. The second-order valence-corrected chi connectivity index (χ2v) is 10.1. The third kappa shape index (κ3) is 7.31. The summed E-state index contributed by atoms with van der Waals surface area (Å²) in [7, 11) is 1.20. The Morgan fingerprint density at radius 2 is 1.71 bits per heavy atom. The molecule has 45 heavy (non-hydrogen) atoms. The van der Waals surface area contributed by atoms with Gasteiger partial charge in [-0.15, -0.1) is 0 Å². The van der Waals surface area contributed by atoms with Crippen molar-refractivity contribution >= 4 is 5.97 Å². The minimum absolute atomic E-state index is 0.164. The molecular formula is C32H30F5N3O5. The number of benzene rings is 3. The average Bonchev–Trinajstić information content (AvgIpc) is 3.00. The van der Waals surface area contributed by atoms with Gasteiger partial charge in [-0.25, -0.2) is 13.6 Å². The van der Waals surface area contributed by atoms with E-state index in [2.05, 4.69) is 5.32 Å². The summed E-state index contributed by atoms with van der Waals surface area (Å²) in [5.74, 6) is -3.64. The number of hydrogen-bond acceptors (Lipinski definition) is 5. The van der Waals surface area contributed by atoms with Gasteiger partial charge in [-0.05, 0) is 43.6 Å². The maximum absolute atomic E-state index is 15.6. The highest BCUT2D eigenvalue weighted by atomic mass is 19.4. The summed E-state index contributed by atoms with van der Waals surface area (Å²) in [6.07, 6.45) is -6.57. The van der Waals surface area contributed by atoms with Crippen LogP contribution < -0.4 is 21.3 Å². The van der Waals surface area contributed by atoms with E-state index in [4.69, 9.17) is 11.2 Å². The summed E-state index contributed by atoms with van der Waals surface area (Å²) in [5.41, 5.74) is -4.60. The van der Waals surface area contributed by atoms with Gasteiger partial charge < -0.3 is 15.2 Å². The number of carboxylic acid groups (broad SMARTS) is 1. The zero-order valence-corrected chi connectivity index (χ0v) is 24.2. The summed E-state index contributed by atoms with van der Waals surface area (Å²) >= 11 is 0. The molecule has 2 N–H and O–H groups in total. The molecule has 8 nitrogen and oxygen atoms in total. The summed E-state index contributed by atoms with van der Waals surface area (Å²) < 4.78 is 86.9. The number of carbonyl (C=O) groups is 1. The second-order valence-electron chi connectivity index (χ2n) is 10.1. The molecular weight excluding hydrogens is 601 g/mol. The first-order chi connectivity index (χ1) is 21.7. The van der Waals surface area contributed by atoms with Gasteiger partial charge in [-0.2, -0.15) is 13.2 Å². The molecule has 4 rings (SSSR count). The van der Waals surface area contributed by atoms with Gasteiger partial charge in [0.1, 0.15) is 5.82 Å².